The molecule has 1 saturated heterocycles. The summed E-state index contributed by atoms with van der Waals surface area (Å²) in [5.41, 5.74) is -2.05. The molecule has 1 aliphatic heterocycles. The van der Waals surface area contributed by atoms with Crippen LogP contribution in [0, 0.1) is 0 Å². The van der Waals surface area contributed by atoms with Gasteiger partial charge < -0.3 is 19.4 Å². The fraction of sp³-hybridized carbons (Fsp3) is 0.333. The van der Waals surface area contributed by atoms with Crippen molar-refractivity contribution >= 4 is 27.8 Å². The lowest BCUT2D eigenvalue weighted by Crippen LogP contribution is -2.30. The second kappa shape index (κ2) is 11.6. The molecule has 12 heteroatoms. The number of hydrogen-bond acceptors (Lipinski definition) is 5. The minimum Gasteiger partial charge on any atom is -0.461 e. The number of nitrogens with one attached hydrogen (secondary N) is 1. The highest BCUT2D eigenvalue weighted by Gasteiger charge is 2.38. The highest BCUT2D eigenvalue weighted by atomic mass is 19.4. The molecule has 208 valence electrons. The summed E-state index contributed by atoms with van der Waals surface area (Å²) in [5.74, 6) is -0.640. The van der Waals surface area contributed by atoms with E-state index >= 15 is 0 Å². The van der Waals surface area contributed by atoms with Gasteiger partial charge in [0.1, 0.15) is 5.69 Å². The Morgan fingerprint density at radius 3 is 2.28 bits per heavy atom. The Labute approximate surface area is 219 Å². The van der Waals surface area contributed by atoms with Crippen LogP contribution in [0.15, 0.2) is 54.7 Å². The van der Waals surface area contributed by atoms with Crippen molar-refractivity contribution in [3.63, 3.8) is 0 Å². The number of pyridine rings is 1. The molecule has 39 heavy (non-hydrogen) atoms. The molecule has 0 atom stereocenters. The lowest BCUT2D eigenvalue weighted by Gasteiger charge is -2.17. The number of carbonyl (C=O) groups is 1. The number of hydrogen-bond donors (Lipinski definition) is 1. The standard InChI is InChI=1S/C23H16F6N2O2.C4H9NO/c1-2-33-21(32)18-10-16-15-5-3-4-6-19(15)31(20(16)11-30-18)12-13-7-8-14(22(24,25)26)9-17(13)23(27,28)29;1-3-6-4-2-5-1/h3-11H,2,12H2,1H3;5H,1-4H2. The SMILES string of the molecule is C1COCCN1.CCOC(=O)c1cc2c3ccccc3n(Cc3ccc(C(F)(F)F)cc3C(F)(F)F)c2cn1. The number of rotatable bonds is 4. The van der Waals surface area contributed by atoms with E-state index in [1.54, 1.807) is 31.2 Å². The summed E-state index contributed by atoms with van der Waals surface area (Å²) in [5, 5.41) is 4.37. The number of morpholine rings is 1. The van der Waals surface area contributed by atoms with Gasteiger partial charge in [0.15, 0.2) is 0 Å². The van der Waals surface area contributed by atoms with E-state index in [1.807, 2.05) is 0 Å². The smallest absolute Gasteiger partial charge is 0.416 e. The van der Waals surface area contributed by atoms with E-state index in [9.17, 15) is 31.1 Å². The van der Waals surface area contributed by atoms with E-state index in [-0.39, 0.29) is 30.5 Å². The van der Waals surface area contributed by atoms with Crippen LogP contribution in [-0.4, -0.2) is 48.4 Å². The van der Waals surface area contributed by atoms with Gasteiger partial charge in [-0.25, -0.2) is 9.78 Å². The third-order valence-corrected chi connectivity index (χ3v) is 6.06. The second-order valence-corrected chi connectivity index (χ2v) is 8.64. The fourth-order valence-electron chi connectivity index (χ4n) is 4.27. The summed E-state index contributed by atoms with van der Waals surface area (Å²) in [7, 11) is 0. The van der Waals surface area contributed by atoms with Gasteiger partial charge in [-0.3, -0.25) is 0 Å². The van der Waals surface area contributed by atoms with E-state index in [4.69, 9.17) is 9.47 Å². The Kier molecular flexibility index (Phi) is 8.45. The number of carbonyl (C=O) groups excluding carboxylic acids is 1. The van der Waals surface area contributed by atoms with Crippen molar-refractivity contribution in [2.24, 2.45) is 0 Å². The van der Waals surface area contributed by atoms with Crippen molar-refractivity contribution in [2.75, 3.05) is 32.9 Å². The van der Waals surface area contributed by atoms with E-state index in [2.05, 4.69) is 10.3 Å². The second-order valence-electron chi connectivity index (χ2n) is 8.64. The van der Waals surface area contributed by atoms with Gasteiger partial charge in [-0.05, 0) is 36.8 Å². The summed E-state index contributed by atoms with van der Waals surface area (Å²) in [4.78, 5) is 16.2. The minimum atomic E-state index is -4.98. The fourth-order valence-corrected chi connectivity index (χ4v) is 4.27. The molecule has 1 aliphatic rings. The van der Waals surface area contributed by atoms with Gasteiger partial charge in [0.2, 0.25) is 0 Å². The maximum absolute atomic E-state index is 13.6. The predicted octanol–water partition coefficient (Wildman–Crippen LogP) is 6.06. The van der Waals surface area contributed by atoms with E-state index < -0.39 is 29.4 Å². The van der Waals surface area contributed by atoms with E-state index in [1.165, 1.54) is 16.8 Å². The molecule has 0 spiro atoms. The molecule has 0 unspecified atom stereocenters. The highest BCUT2D eigenvalue weighted by Crippen LogP contribution is 2.38. The van der Waals surface area contributed by atoms with Crippen molar-refractivity contribution in [1.82, 2.24) is 14.9 Å². The highest BCUT2D eigenvalue weighted by molar-refractivity contribution is 6.09. The Morgan fingerprint density at radius 1 is 0.974 bits per heavy atom. The average molecular weight is 554 g/mol. The van der Waals surface area contributed by atoms with E-state index in [0.717, 1.165) is 32.4 Å². The maximum atomic E-state index is 13.6. The summed E-state index contributed by atoms with van der Waals surface area (Å²) in [6, 6.07) is 9.92. The van der Waals surface area contributed by atoms with Gasteiger partial charge in [0.05, 0.1) is 42.7 Å². The first kappa shape index (κ1) is 28.4. The Morgan fingerprint density at radius 2 is 1.69 bits per heavy atom. The molecule has 6 nitrogen and oxygen atoms in total. The third-order valence-electron chi connectivity index (χ3n) is 6.06. The number of ether oxygens (including phenoxy) is 2. The summed E-state index contributed by atoms with van der Waals surface area (Å²) in [6.07, 6.45) is -8.54. The summed E-state index contributed by atoms with van der Waals surface area (Å²) in [6.45, 7) is 5.27. The number of para-hydroxylation sites is 1. The van der Waals surface area contributed by atoms with Crippen LogP contribution in [0.5, 0.6) is 0 Å². The molecular formula is C27H25F6N3O3. The zero-order valence-corrected chi connectivity index (χ0v) is 20.8. The van der Waals surface area contributed by atoms with Gasteiger partial charge in [-0.15, -0.1) is 0 Å². The molecule has 4 aromatic rings. The van der Waals surface area contributed by atoms with Crippen molar-refractivity contribution in [1.29, 1.82) is 0 Å². The topological polar surface area (TPSA) is 65.4 Å². The third kappa shape index (κ3) is 6.51. The molecule has 0 bridgehead atoms. The Hall–Kier alpha value is -3.64. The molecule has 0 amide bonds. The number of esters is 1. The molecular weight excluding hydrogens is 528 g/mol. The number of halogens is 6. The number of nitrogens with zero attached hydrogens (tertiary/aromatic N) is 2. The van der Waals surface area contributed by atoms with Crippen molar-refractivity contribution in [3.8, 4) is 0 Å². The van der Waals surface area contributed by atoms with Gasteiger partial charge in [-0.1, -0.05) is 24.3 Å². The number of benzene rings is 2. The lowest BCUT2D eigenvalue weighted by molar-refractivity contribution is -0.143. The normalized spacial score (nSPS) is 14.2. The van der Waals surface area contributed by atoms with Gasteiger partial charge in [-0.2, -0.15) is 26.3 Å². The molecule has 5 rings (SSSR count). The summed E-state index contributed by atoms with van der Waals surface area (Å²) < 4.78 is 91.5. The Balaban J connectivity index is 0.000000519. The van der Waals surface area contributed by atoms with Crippen molar-refractivity contribution < 1.29 is 40.6 Å². The molecule has 2 aromatic heterocycles. The van der Waals surface area contributed by atoms with Crippen LogP contribution in [0.2, 0.25) is 0 Å². The van der Waals surface area contributed by atoms with Gasteiger partial charge >= 0.3 is 18.3 Å². The lowest BCUT2D eigenvalue weighted by atomic mass is 10.0. The van der Waals surface area contributed by atoms with Crippen LogP contribution in [0.1, 0.15) is 34.1 Å². The first-order valence-electron chi connectivity index (χ1n) is 12.1. The first-order valence-corrected chi connectivity index (χ1v) is 12.1. The van der Waals surface area contributed by atoms with Crippen LogP contribution in [0.4, 0.5) is 26.3 Å². The van der Waals surface area contributed by atoms with Crippen molar-refractivity contribution in [2.45, 2.75) is 25.8 Å². The van der Waals surface area contributed by atoms with Gasteiger partial charge in [0.25, 0.3) is 0 Å². The van der Waals surface area contributed by atoms with Gasteiger partial charge in [0, 0.05) is 35.9 Å². The number of fused-ring (bicyclic) bond motifs is 3. The number of alkyl halides is 6. The molecule has 0 radical (unpaired) electrons. The van der Waals surface area contributed by atoms with Crippen LogP contribution < -0.4 is 5.32 Å². The molecule has 3 heterocycles. The largest absolute Gasteiger partial charge is 0.461 e. The minimum absolute atomic E-state index is 0.0396. The van der Waals surface area contributed by atoms with Crippen LogP contribution in [0.3, 0.4) is 0 Å². The summed E-state index contributed by atoms with van der Waals surface area (Å²) >= 11 is 0. The maximum Gasteiger partial charge on any atom is 0.416 e. The average Bonchev–Trinajstić information content (AvgIpc) is 3.22. The zero-order chi connectivity index (χ0) is 28.2. The Bertz CT molecular complexity index is 1450. The van der Waals surface area contributed by atoms with E-state index in [0.29, 0.717) is 27.9 Å². The van der Waals surface area contributed by atoms with Crippen molar-refractivity contribution in [3.05, 3.63) is 77.1 Å². The molecule has 2 aromatic carbocycles. The molecule has 1 fully saturated rings. The van der Waals surface area contributed by atoms with Crippen LogP contribution in [-0.2, 0) is 28.4 Å². The quantitative estimate of drug-likeness (QED) is 0.246. The first-order chi connectivity index (χ1) is 18.5. The van der Waals surface area contributed by atoms with Crippen LogP contribution in [0.25, 0.3) is 21.8 Å². The zero-order valence-electron chi connectivity index (χ0n) is 20.8. The molecule has 1 N–H and O–H groups in total. The monoisotopic (exact) mass is 553 g/mol. The predicted molar refractivity (Wildman–Crippen MR) is 132 cm³/mol. The van der Waals surface area contributed by atoms with Crippen LogP contribution >= 0.6 is 0 Å². The molecule has 0 aliphatic carbocycles. The molecule has 0 saturated carbocycles. The number of aromatic nitrogens is 2.